The number of likely N-dealkylation sites (tertiary alicyclic amines) is 1. The van der Waals surface area contributed by atoms with Crippen molar-refractivity contribution in [2.45, 2.75) is 44.4 Å². The van der Waals surface area contributed by atoms with E-state index in [-0.39, 0.29) is 12.2 Å². The van der Waals surface area contributed by atoms with Gasteiger partial charge in [-0.2, -0.15) is 0 Å². The van der Waals surface area contributed by atoms with Gasteiger partial charge in [0.1, 0.15) is 5.15 Å². The highest BCUT2D eigenvalue weighted by Gasteiger charge is 2.22. The number of aliphatic hydroxyl groups excluding tert-OH is 2. The van der Waals surface area contributed by atoms with E-state index in [1.807, 2.05) is 12.3 Å². The van der Waals surface area contributed by atoms with Gasteiger partial charge in [0.2, 0.25) is 0 Å². The number of β-amino-alcohol motifs (C(OH)–C–C–N with tert-alkyl or cyclic N) is 1. The molecule has 0 aliphatic carbocycles. The van der Waals surface area contributed by atoms with Crippen molar-refractivity contribution in [2.75, 3.05) is 31.1 Å². The summed E-state index contributed by atoms with van der Waals surface area (Å²) >= 11 is 6.16. The topological polar surface area (TPSA) is 72.7 Å². The van der Waals surface area contributed by atoms with Gasteiger partial charge in [-0.3, -0.25) is 9.88 Å². The quantitative estimate of drug-likeness (QED) is 0.766. The van der Waals surface area contributed by atoms with Crippen molar-refractivity contribution in [1.29, 1.82) is 0 Å². The second kappa shape index (κ2) is 8.74. The van der Waals surface area contributed by atoms with E-state index in [0.29, 0.717) is 11.7 Å². The predicted octanol–water partition coefficient (Wildman–Crippen LogP) is 2.71. The molecule has 7 heteroatoms. The molecule has 2 aromatic rings. The summed E-state index contributed by atoms with van der Waals surface area (Å²) in [6, 6.07) is 6.02. The Kier molecular flexibility index (Phi) is 6.11. The molecule has 0 spiro atoms. The lowest BCUT2D eigenvalue weighted by atomic mass is 10.0. The summed E-state index contributed by atoms with van der Waals surface area (Å²) in [5.41, 5.74) is 4.01. The highest BCUT2D eigenvalue weighted by atomic mass is 35.5. The second-order valence-corrected chi connectivity index (χ2v) is 8.20. The molecule has 2 aromatic heterocycles. The van der Waals surface area contributed by atoms with Crippen LogP contribution < -0.4 is 4.90 Å². The van der Waals surface area contributed by atoms with Crippen molar-refractivity contribution >= 4 is 17.3 Å². The SMILES string of the molecule is OC1CCN(Cc2ccc(-c3cnc(Cl)cc3N3CCC[C@H](O)C3)cn2)CC1. The molecule has 4 rings (SSSR count). The molecule has 0 aromatic carbocycles. The average molecular weight is 403 g/mol. The number of nitrogens with zero attached hydrogens (tertiary/aromatic N) is 4. The Morgan fingerprint density at radius 1 is 1.00 bits per heavy atom. The molecule has 2 fully saturated rings. The summed E-state index contributed by atoms with van der Waals surface area (Å²) in [5.74, 6) is 0. The summed E-state index contributed by atoms with van der Waals surface area (Å²) < 4.78 is 0. The van der Waals surface area contributed by atoms with Gasteiger partial charge in [-0.15, -0.1) is 0 Å². The Morgan fingerprint density at radius 2 is 1.82 bits per heavy atom. The first-order valence-electron chi connectivity index (χ1n) is 10.0. The Hall–Kier alpha value is -1.73. The molecule has 6 nitrogen and oxygen atoms in total. The molecule has 2 saturated heterocycles. The maximum absolute atomic E-state index is 10.1. The molecular weight excluding hydrogens is 376 g/mol. The fourth-order valence-electron chi connectivity index (χ4n) is 4.06. The van der Waals surface area contributed by atoms with Gasteiger partial charge in [-0.25, -0.2) is 4.98 Å². The summed E-state index contributed by atoms with van der Waals surface area (Å²) in [6.45, 7) is 4.13. The van der Waals surface area contributed by atoms with Gasteiger partial charge in [-0.05, 0) is 37.8 Å². The molecule has 2 N–H and O–H groups in total. The average Bonchev–Trinajstić information content (AvgIpc) is 2.70. The third-order valence-electron chi connectivity index (χ3n) is 5.66. The summed E-state index contributed by atoms with van der Waals surface area (Å²) in [6.07, 6.45) is 6.69. The molecule has 0 bridgehead atoms. The Bertz CT molecular complexity index is 793. The summed E-state index contributed by atoms with van der Waals surface area (Å²) in [7, 11) is 0. The van der Waals surface area contributed by atoms with E-state index in [1.165, 1.54) is 0 Å². The van der Waals surface area contributed by atoms with Crippen molar-refractivity contribution in [3.8, 4) is 11.1 Å². The number of rotatable bonds is 4. The first-order chi connectivity index (χ1) is 13.6. The molecular formula is C21H27ClN4O2. The predicted molar refractivity (Wildman–Crippen MR) is 110 cm³/mol. The van der Waals surface area contributed by atoms with Gasteiger partial charge >= 0.3 is 0 Å². The monoisotopic (exact) mass is 402 g/mol. The van der Waals surface area contributed by atoms with Gasteiger partial charge in [0.15, 0.2) is 0 Å². The first-order valence-corrected chi connectivity index (χ1v) is 10.4. The lowest BCUT2D eigenvalue weighted by Gasteiger charge is -2.33. The summed E-state index contributed by atoms with van der Waals surface area (Å²) in [5, 5.41) is 20.2. The van der Waals surface area contributed by atoms with Crippen LogP contribution in [0, 0.1) is 0 Å². The number of pyridine rings is 2. The minimum atomic E-state index is -0.308. The van der Waals surface area contributed by atoms with E-state index in [0.717, 1.165) is 74.4 Å². The van der Waals surface area contributed by atoms with Gasteiger partial charge < -0.3 is 15.1 Å². The van der Waals surface area contributed by atoms with Gasteiger partial charge in [0, 0.05) is 61.9 Å². The van der Waals surface area contributed by atoms with Crippen LogP contribution in [0.4, 0.5) is 5.69 Å². The molecule has 4 heterocycles. The molecule has 2 aliphatic heterocycles. The van der Waals surface area contributed by atoms with Crippen molar-refractivity contribution in [2.24, 2.45) is 0 Å². The van der Waals surface area contributed by atoms with E-state index in [9.17, 15) is 10.2 Å². The van der Waals surface area contributed by atoms with Crippen molar-refractivity contribution in [3.05, 3.63) is 41.4 Å². The highest BCUT2D eigenvalue weighted by Crippen LogP contribution is 2.33. The first kappa shape index (κ1) is 19.6. The highest BCUT2D eigenvalue weighted by molar-refractivity contribution is 6.29. The molecule has 2 aliphatic rings. The number of piperidine rings is 2. The summed E-state index contributed by atoms with van der Waals surface area (Å²) in [4.78, 5) is 13.4. The minimum absolute atomic E-state index is 0.157. The molecule has 0 unspecified atom stereocenters. The van der Waals surface area contributed by atoms with Crippen LogP contribution in [0.3, 0.4) is 0 Å². The smallest absolute Gasteiger partial charge is 0.131 e. The van der Waals surface area contributed by atoms with Crippen LogP contribution in [0.1, 0.15) is 31.4 Å². The molecule has 28 heavy (non-hydrogen) atoms. The zero-order chi connectivity index (χ0) is 19.5. The van der Waals surface area contributed by atoms with Gasteiger partial charge in [-0.1, -0.05) is 17.7 Å². The van der Waals surface area contributed by atoms with Crippen LogP contribution in [-0.2, 0) is 6.54 Å². The number of aromatic nitrogens is 2. The number of anilines is 1. The van der Waals surface area contributed by atoms with Crippen molar-refractivity contribution in [1.82, 2.24) is 14.9 Å². The van der Waals surface area contributed by atoms with E-state index in [4.69, 9.17) is 11.6 Å². The van der Waals surface area contributed by atoms with E-state index in [2.05, 4.69) is 31.9 Å². The van der Waals surface area contributed by atoms with Gasteiger partial charge in [0.25, 0.3) is 0 Å². The van der Waals surface area contributed by atoms with E-state index in [1.54, 1.807) is 6.20 Å². The van der Waals surface area contributed by atoms with Crippen LogP contribution in [0.15, 0.2) is 30.6 Å². The lowest BCUT2D eigenvalue weighted by molar-refractivity contribution is 0.0787. The Balaban J connectivity index is 1.52. The number of halogens is 1. The number of hydrogen-bond acceptors (Lipinski definition) is 6. The number of hydrogen-bond donors (Lipinski definition) is 2. The molecule has 0 radical (unpaired) electrons. The third kappa shape index (κ3) is 4.63. The third-order valence-corrected chi connectivity index (χ3v) is 5.87. The molecule has 0 saturated carbocycles. The minimum Gasteiger partial charge on any atom is -0.393 e. The fourth-order valence-corrected chi connectivity index (χ4v) is 4.21. The maximum atomic E-state index is 10.1. The fraction of sp³-hybridized carbons (Fsp3) is 0.524. The van der Waals surface area contributed by atoms with Crippen LogP contribution >= 0.6 is 11.6 Å². The Morgan fingerprint density at radius 3 is 2.54 bits per heavy atom. The molecule has 1 atom stereocenters. The standard InChI is InChI=1S/C21H27ClN4O2/c22-21-10-20(26-7-1-2-18(28)14-26)19(12-24-21)15-3-4-16(23-11-15)13-25-8-5-17(27)6-9-25/h3-4,10-12,17-18,27-28H,1-2,5-9,13-14H2/t18-/m0/s1. The van der Waals surface area contributed by atoms with Crippen molar-refractivity contribution < 1.29 is 10.2 Å². The van der Waals surface area contributed by atoms with Gasteiger partial charge in [0.05, 0.1) is 17.9 Å². The van der Waals surface area contributed by atoms with Crippen LogP contribution in [0.2, 0.25) is 5.15 Å². The van der Waals surface area contributed by atoms with Crippen LogP contribution in [0.25, 0.3) is 11.1 Å². The largest absolute Gasteiger partial charge is 0.393 e. The zero-order valence-corrected chi connectivity index (χ0v) is 16.7. The molecule has 0 amide bonds. The Labute approximate surface area is 170 Å². The zero-order valence-electron chi connectivity index (χ0n) is 16.0. The van der Waals surface area contributed by atoms with Crippen LogP contribution in [-0.4, -0.2) is 63.5 Å². The van der Waals surface area contributed by atoms with Crippen molar-refractivity contribution in [3.63, 3.8) is 0 Å². The molecule has 150 valence electrons. The normalized spacial score (nSPS) is 21.8. The van der Waals surface area contributed by atoms with E-state index >= 15 is 0 Å². The maximum Gasteiger partial charge on any atom is 0.131 e. The lowest BCUT2D eigenvalue weighted by Crippen LogP contribution is -2.38. The van der Waals surface area contributed by atoms with E-state index < -0.39 is 0 Å². The van der Waals surface area contributed by atoms with Crippen LogP contribution in [0.5, 0.6) is 0 Å². The number of aliphatic hydroxyl groups is 2. The second-order valence-electron chi connectivity index (χ2n) is 7.81.